The van der Waals surface area contributed by atoms with Crippen LogP contribution in [0.15, 0.2) is 64.1 Å². The molecule has 2 aromatic rings. The summed E-state index contributed by atoms with van der Waals surface area (Å²) in [4.78, 5) is 38.7. The zero-order valence-corrected chi connectivity index (χ0v) is 13.5. The number of nitrogens with zero attached hydrogens (tertiary/aromatic N) is 6. The Morgan fingerprint density at radius 2 is 2.00 bits per heavy atom. The van der Waals surface area contributed by atoms with Gasteiger partial charge in [0.1, 0.15) is 0 Å². The SMILES string of the molecule is CC1=NN(C(=O)c2cccnc2)C(=O)C1N=Nc1ccc([N+](=O)[O-])cc1. The van der Waals surface area contributed by atoms with Crippen LogP contribution in [-0.4, -0.2) is 38.5 Å². The van der Waals surface area contributed by atoms with E-state index < -0.39 is 22.8 Å². The van der Waals surface area contributed by atoms with Crippen molar-refractivity contribution >= 4 is 28.9 Å². The predicted molar refractivity (Wildman–Crippen MR) is 89.9 cm³/mol. The molecule has 1 atom stereocenters. The van der Waals surface area contributed by atoms with Gasteiger partial charge in [-0.2, -0.15) is 20.3 Å². The molecule has 0 fully saturated rings. The number of aromatic nitrogens is 1. The smallest absolute Gasteiger partial charge is 0.269 e. The number of carbonyl (C=O) groups excluding carboxylic acids is 2. The first kappa shape index (κ1) is 17.0. The summed E-state index contributed by atoms with van der Waals surface area (Å²) in [5, 5.41) is 23.2. The summed E-state index contributed by atoms with van der Waals surface area (Å²) in [5.41, 5.74) is 0.809. The highest BCUT2D eigenvalue weighted by Gasteiger charge is 2.38. The summed E-state index contributed by atoms with van der Waals surface area (Å²) in [6.07, 6.45) is 2.85. The molecule has 2 amide bonds. The van der Waals surface area contributed by atoms with Gasteiger partial charge in [-0.3, -0.25) is 24.7 Å². The maximum absolute atomic E-state index is 12.4. The average molecular weight is 352 g/mol. The Hall–Kier alpha value is -3.82. The molecule has 130 valence electrons. The zero-order valence-electron chi connectivity index (χ0n) is 13.5. The van der Waals surface area contributed by atoms with E-state index >= 15 is 0 Å². The van der Waals surface area contributed by atoms with Crippen molar-refractivity contribution in [3.05, 3.63) is 64.5 Å². The zero-order chi connectivity index (χ0) is 18.7. The standard InChI is InChI=1S/C16H12N6O4/c1-10-14(19-18-12-4-6-13(7-5-12)22(25)26)16(24)21(20-10)15(23)11-3-2-8-17-9-11/h2-9,14H,1H3. The lowest BCUT2D eigenvalue weighted by atomic mass is 10.2. The molecule has 10 heteroatoms. The highest BCUT2D eigenvalue weighted by atomic mass is 16.6. The third kappa shape index (κ3) is 3.34. The Bertz CT molecular complexity index is 924. The fourth-order valence-corrected chi connectivity index (χ4v) is 2.21. The van der Waals surface area contributed by atoms with Crippen molar-refractivity contribution in [1.82, 2.24) is 9.99 Å². The van der Waals surface area contributed by atoms with Crippen molar-refractivity contribution in [2.75, 3.05) is 0 Å². The van der Waals surface area contributed by atoms with E-state index in [9.17, 15) is 19.7 Å². The largest absolute Gasteiger partial charge is 0.282 e. The Balaban J connectivity index is 1.75. The molecule has 1 aliphatic rings. The van der Waals surface area contributed by atoms with Gasteiger partial charge in [-0.05, 0) is 31.2 Å². The molecule has 1 aromatic heterocycles. The molecule has 2 heterocycles. The van der Waals surface area contributed by atoms with Crippen LogP contribution in [-0.2, 0) is 4.79 Å². The van der Waals surface area contributed by atoms with Gasteiger partial charge in [-0.15, -0.1) is 0 Å². The molecule has 0 saturated heterocycles. The first-order valence-corrected chi connectivity index (χ1v) is 7.46. The van der Waals surface area contributed by atoms with Gasteiger partial charge in [0.2, 0.25) is 0 Å². The van der Waals surface area contributed by atoms with Crippen molar-refractivity contribution in [2.24, 2.45) is 15.3 Å². The summed E-state index contributed by atoms with van der Waals surface area (Å²) >= 11 is 0. The maximum atomic E-state index is 12.4. The summed E-state index contributed by atoms with van der Waals surface area (Å²) in [6.45, 7) is 1.56. The highest BCUT2D eigenvalue weighted by molar-refractivity contribution is 6.18. The fourth-order valence-electron chi connectivity index (χ4n) is 2.21. The Labute approximate surface area is 147 Å². The molecule has 1 aromatic carbocycles. The van der Waals surface area contributed by atoms with Crippen molar-refractivity contribution in [3.8, 4) is 0 Å². The number of hydrogen-bond donors (Lipinski definition) is 0. The Morgan fingerprint density at radius 1 is 1.27 bits per heavy atom. The molecule has 0 bridgehead atoms. The highest BCUT2D eigenvalue weighted by Crippen LogP contribution is 2.21. The van der Waals surface area contributed by atoms with Gasteiger partial charge in [0.15, 0.2) is 6.04 Å². The normalized spacial score (nSPS) is 16.8. The third-order valence-corrected chi connectivity index (χ3v) is 3.55. The predicted octanol–water partition coefficient (Wildman–Crippen LogP) is 2.50. The van der Waals surface area contributed by atoms with E-state index in [4.69, 9.17) is 0 Å². The van der Waals surface area contributed by atoms with Crippen LogP contribution in [0, 0.1) is 10.1 Å². The summed E-state index contributed by atoms with van der Waals surface area (Å²) in [6, 6.07) is 7.47. The second-order valence-corrected chi connectivity index (χ2v) is 5.33. The van der Waals surface area contributed by atoms with Crippen LogP contribution in [0.25, 0.3) is 0 Å². The lowest BCUT2D eigenvalue weighted by Gasteiger charge is -2.10. The number of carbonyl (C=O) groups is 2. The van der Waals surface area contributed by atoms with Crippen molar-refractivity contribution in [3.63, 3.8) is 0 Å². The molecular weight excluding hydrogens is 340 g/mol. The fraction of sp³-hybridized carbons (Fsp3) is 0.125. The van der Waals surface area contributed by atoms with Crippen LogP contribution in [0.3, 0.4) is 0 Å². The van der Waals surface area contributed by atoms with E-state index in [1.54, 1.807) is 13.0 Å². The first-order valence-electron chi connectivity index (χ1n) is 7.46. The molecule has 10 nitrogen and oxygen atoms in total. The van der Waals surface area contributed by atoms with Gasteiger partial charge < -0.3 is 0 Å². The Morgan fingerprint density at radius 3 is 2.62 bits per heavy atom. The second-order valence-electron chi connectivity index (χ2n) is 5.33. The number of rotatable bonds is 4. The number of non-ortho nitro benzene ring substituents is 1. The van der Waals surface area contributed by atoms with Crippen LogP contribution in [0.1, 0.15) is 17.3 Å². The lowest BCUT2D eigenvalue weighted by molar-refractivity contribution is -0.384. The molecule has 1 aliphatic heterocycles. The summed E-state index contributed by atoms with van der Waals surface area (Å²) in [5.74, 6) is -1.22. The molecule has 0 saturated carbocycles. The quantitative estimate of drug-likeness (QED) is 0.361. The molecule has 1 unspecified atom stereocenters. The van der Waals surface area contributed by atoms with Gasteiger partial charge in [-0.25, -0.2) is 0 Å². The van der Waals surface area contributed by atoms with Crippen molar-refractivity contribution < 1.29 is 14.5 Å². The van der Waals surface area contributed by atoms with Crippen molar-refractivity contribution in [1.29, 1.82) is 0 Å². The molecule has 0 aliphatic carbocycles. The summed E-state index contributed by atoms with van der Waals surface area (Å²) in [7, 11) is 0. The minimum Gasteiger partial charge on any atom is -0.269 e. The molecule has 26 heavy (non-hydrogen) atoms. The van der Waals surface area contributed by atoms with E-state index in [2.05, 4.69) is 20.3 Å². The van der Waals surface area contributed by atoms with Crippen LogP contribution < -0.4 is 0 Å². The number of amides is 2. The Kier molecular flexibility index (Phi) is 4.56. The number of hydrogen-bond acceptors (Lipinski definition) is 8. The maximum Gasteiger partial charge on any atom is 0.282 e. The van der Waals surface area contributed by atoms with Gasteiger partial charge in [0, 0.05) is 24.5 Å². The monoisotopic (exact) mass is 352 g/mol. The molecular formula is C16H12N6O4. The number of benzene rings is 1. The molecule has 0 radical (unpaired) electrons. The van der Waals surface area contributed by atoms with Crippen LogP contribution in [0.2, 0.25) is 0 Å². The first-order chi connectivity index (χ1) is 12.5. The van der Waals surface area contributed by atoms with Crippen molar-refractivity contribution in [2.45, 2.75) is 13.0 Å². The van der Waals surface area contributed by atoms with Crippen LogP contribution in [0.4, 0.5) is 11.4 Å². The average Bonchev–Trinajstić information content (AvgIpc) is 2.94. The van der Waals surface area contributed by atoms with E-state index in [1.807, 2.05) is 0 Å². The number of hydrazone groups is 1. The van der Waals surface area contributed by atoms with Gasteiger partial charge in [-0.1, -0.05) is 0 Å². The van der Waals surface area contributed by atoms with E-state index in [-0.39, 0.29) is 11.3 Å². The number of imide groups is 1. The molecule has 0 N–H and O–H groups in total. The number of nitro benzene ring substituents is 1. The van der Waals surface area contributed by atoms with E-state index in [0.29, 0.717) is 11.4 Å². The number of azo groups is 1. The van der Waals surface area contributed by atoms with Crippen LogP contribution >= 0.6 is 0 Å². The van der Waals surface area contributed by atoms with E-state index in [1.165, 1.54) is 42.7 Å². The molecule has 3 rings (SSSR count). The topological polar surface area (TPSA) is 130 Å². The number of nitro groups is 1. The summed E-state index contributed by atoms with van der Waals surface area (Å²) < 4.78 is 0. The van der Waals surface area contributed by atoms with Crippen LogP contribution in [0.5, 0.6) is 0 Å². The van der Waals surface area contributed by atoms with E-state index in [0.717, 1.165) is 5.01 Å². The van der Waals surface area contributed by atoms with Gasteiger partial charge in [0.25, 0.3) is 17.5 Å². The minimum absolute atomic E-state index is 0.0770. The lowest BCUT2D eigenvalue weighted by Crippen LogP contribution is -2.34. The van der Waals surface area contributed by atoms with Gasteiger partial charge in [0.05, 0.1) is 21.9 Å². The minimum atomic E-state index is -1.02. The second kappa shape index (κ2) is 6.97. The van der Waals surface area contributed by atoms with Gasteiger partial charge >= 0.3 is 0 Å². The number of pyridine rings is 1. The molecule has 0 spiro atoms. The third-order valence-electron chi connectivity index (χ3n) is 3.55.